The van der Waals surface area contributed by atoms with Crippen molar-refractivity contribution in [3.63, 3.8) is 0 Å². The highest BCUT2D eigenvalue weighted by atomic mass is 16.3. The smallest absolute Gasteiger partial charge is 0.251 e. The van der Waals surface area contributed by atoms with E-state index in [1.54, 1.807) is 12.1 Å². The summed E-state index contributed by atoms with van der Waals surface area (Å²) in [5, 5.41) is 9.50. The van der Waals surface area contributed by atoms with E-state index in [2.05, 4.69) is 11.5 Å². The number of amides is 1. The van der Waals surface area contributed by atoms with Crippen LogP contribution in [0.4, 0.5) is 0 Å². The fraction of sp³-hybridized carbons (Fsp3) is 0.292. The van der Waals surface area contributed by atoms with Crippen molar-refractivity contribution in [3.05, 3.63) is 77.1 Å². The number of nitrogens with two attached hydrogens (primary N) is 1. The van der Waals surface area contributed by atoms with Crippen molar-refractivity contribution >= 4 is 5.91 Å². The molecule has 0 atom stereocenters. The van der Waals surface area contributed by atoms with Crippen LogP contribution in [0, 0.1) is 6.92 Å². The monoisotopic (exact) mass is 376 g/mol. The van der Waals surface area contributed by atoms with Gasteiger partial charge >= 0.3 is 0 Å². The number of primary amides is 1. The average Bonchev–Trinajstić information content (AvgIpc) is 2.98. The molecule has 0 aliphatic heterocycles. The number of hydrogen-bond acceptors (Lipinski definition) is 2. The van der Waals surface area contributed by atoms with E-state index in [-0.39, 0.29) is 11.7 Å². The molecule has 4 nitrogen and oxygen atoms in total. The van der Waals surface area contributed by atoms with Crippen LogP contribution in [0.3, 0.4) is 0 Å². The molecule has 3 aromatic rings. The Morgan fingerprint density at radius 1 is 1.04 bits per heavy atom. The minimum Gasteiger partial charge on any atom is -0.508 e. The lowest BCUT2D eigenvalue weighted by Crippen LogP contribution is -2.14. The van der Waals surface area contributed by atoms with Gasteiger partial charge in [0.15, 0.2) is 0 Å². The predicted octanol–water partition coefficient (Wildman–Crippen LogP) is 4.85. The highest BCUT2D eigenvalue weighted by Gasteiger charge is 2.24. The number of unbranched alkanes of at least 4 members (excludes halogenated alkanes) is 1. The molecule has 28 heavy (non-hydrogen) atoms. The fourth-order valence-electron chi connectivity index (χ4n) is 3.83. The van der Waals surface area contributed by atoms with Gasteiger partial charge in [-0.05, 0) is 49.4 Å². The fourth-order valence-corrected chi connectivity index (χ4v) is 3.83. The lowest BCUT2D eigenvalue weighted by molar-refractivity contribution is 0.1000. The van der Waals surface area contributed by atoms with Crippen molar-refractivity contribution in [1.82, 2.24) is 4.57 Å². The molecule has 1 amide bonds. The first-order chi connectivity index (χ1) is 13.5. The molecule has 0 saturated carbocycles. The van der Waals surface area contributed by atoms with Gasteiger partial charge in [0, 0.05) is 23.5 Å². The van der Waals surface area contributed by atoms with Gasteiger partial charge in [0.1, 0.15) is 5.75 Å². The minimum atomic E-state index is -0.377. The second-order valence-electron chi connectivity index (χ2n) is 7.18. The zero-order valence-electron chi connectivity index (χ0n) is 16.6. The summed E-state index contributed by atoms with van der Waals surface area (Å²) >= 11 is 0. The maximum Gasteiger partial charge on any atom is 0.251 e. The zero-order chi connectivity index (χ0) is 20.1. The van der Waals surface area contributed by atoms with Crippen LogP contribution in [0.25, 0.3) is 11.1 Å². The van der Waals surface area contributed by atoms with Crippen LogP contribution in [0.1, 0.15) is 47.1 Å². The largest absolute Gasteiger partial charge is 0.508 e. The molecule has 0 bridgehead atoms. The Morgan fingerprint density at radius 2 is 1.71 bits per heavy atom. The number of aryl methyl sites for hydroxylation is 1. The molecule has 0 aliphatic rings. The van der Waals surface area contributed by atoms with E-state index in [0.29, 0.717) is 5.56 Å². The molecule has 146 valence electrons. The second-order valence-corrected chi connectivity index (χ2v) is 7.18. The minimum absolute atomic E-state index is 0.270. The van der Waals surface area contributed by atoms with Crippen molar-refractivity contribution in [3.8, 4) is 16.9 Å². The van der Waals surface area contributed by atoms with Crippen LogP contribution in [0.15, 0.2) is 54.6 Å². The molecule has 0 unspecified atom stereocenters. The van der Waals surface area contributed by atoms with Crippen molar-refractivity contribution in [2.45, 2.75) is 46.1 Å². The van der Waals surface area contributed by atoms with Gasteiger partial charge in [0.05, 0.1) is 5.56 Å². The number of carbonyl (C=O) groups excluding carboxylic acids is 1. The molecular formula is C24H28N2O2. The third kappa shape index (κ3) is 4.11. The number of phenolic OH excluding ortho intramolecular Hbond substituents is 1. The molecule has 4 heteroatoms. The SMILES string of the molecule is CCCCc1c(-c2ccccc2)c(C(N)=O)c(C)n1CCc1ccc(O)cc1. The van der Waals surface area contributed by atoms with Crippen LogP contribution in [-0.4, -0.2) is 15.6 Å². The third-order valence-corrected chi connectivity index (χ3v) is 5.27. The quantitative estimate of drug-likeness (QED) is 0.590. The highest BCUT2D eigenvalue weighted by molar-refractivity contribution is 6.02. The van der Waals surface area contributed by atoms with Crippen molar-refractivity contribution in [1.29, 1.82) is 0 Å². The van der Waals surface area contributed by atoms with Crippen LogP contribution in [-0.2, 0) is 19.4 Å². The maximum atomic E-state index is 12.3. The van der Waals surface area contributed by atoms with Crippen molar-refractivity contribution in [2.24, 2.45) is 5.73 Å². The molecular weight excluding hydrogens is 348 g/mol. The topological polar surface area (TPSA) is 68.2 Å². The summed E-state index contributed by atoms with van der Waals surface area (Å²) in [4.78, 5) is 12.3. The first-order valence-corrected chi connectivity index (χ1v) is 9.88. The van der Waals surface area contributed by atoms with Crippen LogP contribution < -0.4 is 5.73 Å². The molecule has 0 saturated heterocycles. The van der Waals surface area contributed by atoms with Crippen molar-refractivity contribution < 1.29 is 9.90 Å². The maximum absolute atomic E-state index is 12.3. The first-order valence-electron chi connectivity index (χ1n) is 9.88. The van der Waals surface area contributed by atoms with Gasteiger partial charge in [-0.2, -0.15) is 0 Å². The molecule has 3 N–H and O–H groups in total. The summed E-state index contributed by atoms with van der Waals surface area (Å²) in [5.41, 5.74) is 11.7. The van der Waals surface area contributed by atoms with E-state index in [1.165, 1.54) is 5.69 Å². The van der Waals surface area contributed by atoms with Gasteiger partial charge in [0.2, 0.25) is 0 Å². The van der Waals surface area contributed by atoms with E-state index in [9.17, 15) is 9.90 Å². The second kappa shape index (κ2) is 8.79. The van der Waals surface area contributed by atoms with E-state index in [0.717, 1.165) is 54.6 Å². The Bertz CT molecular complexity index is 941. The standard InChI is InChI=1S/C24H28N2O2/c1-3-4-10-21-23(19-8-6-5-7-9-19)22(24(25)28)17(2)26(21)16-15-18-11-13-20(27)14-12-18/h5-9,11-14,27H,3-4,10,15-16H2,1-2H3,(H2,25,28). The van der Waals surface area contributed by atoms with Crippen molar-refractivity contribution in [2.75, 3.05) is 0 Å². The Balaban J connectivity index is 2.07. The van der Waals surface area contributed by atoms with Crippen LogP contribution in [0.2, 0.25) is 0 Å². The number of benzene rings is 2. The Morgan fingerprint density at radius 3 is 2.32 bits per heavy atom. The molecule has 1 heterocycles. The van der Waals surface area contributed by atoms with Gasteiger partial charge in [-0.1, -0.05) is 55.8 Å². The number of nitrogens with zero attached hydrogens (tertiary/aromatic N) is 1. The van der Waals surface area contributed by atoms with Gasteiger partial charge < -0.3 is 15.4 Å². The van der Waals surface area contributed by atoms with Gasteiger partial charge in [-0.15, -0.1) is 0 Å². The Hall–Kier alpha value is -3.01. The average molecular weight is 377 g/mol. The van der Waals surface area contributed by atoms with E-state index in [1.807, 2.05) is 49.4 Å². The number of hydrogen-bond donors (Lipinski definition) is 2. The van der Waals surface area contributed by atoms with Gasteiger partial charge in [0.25, 0.3) is 5.91 Å². The van der Waals surface area contributed by atoms with Gasteiger partial charge in [-0.25, -0.2) is 0 Å². The summed E-state index contributed by atoms with van der Waals surface area (Å²) in [6.07, 6.45) is 3.87. The summed E-state index contributed by atoms with van der Waals surface area (Å²) < 4.78 is 2.25. The molecule has 0 fully saturated rings. The molecule has 0 radical (unpaired) electrons. The Kier molecular flexibility index (Phi) is 6.19. The molecule has 1 aromatic heterocycles. The number of rotatable bonds is 8. The summed E-state index contributed by atoms with van der Waals surface area (Å²) in [5.74, 6) is -0.107. The number of aromatic hydroxyl groups is 1. The highest BCUT2D eigenvalue weighted by Crippen LogP contribution is 2.34. The lowest BCUT2D eigenvalue weighted by atomic mass is 9.97. The normalized spacial score (nSPS) is 10.9. The molecule has 3 rings (SSSR count). The van der Waals surface area contributed by atoms with E-state index < -0.39 is 0 Å². The number of phenols is 1. The summed E-state index contributed by atoms with van der Waals surface area (Å²) in [7, 11) is 0. The molecule has 0 aliphatic carbocycles. The third-order valence-electron chi connectivity index (χ3n) is 5.27. The lowest BCUT2D eigenvalue weighted by Gasteiger charge is -2.13. The van der Waals surface area contributed by atoms with Crippen LogP contribution >= 0.6 is 0 Å². The first kappa shape index (κ1) is 19.7. The number of aromatic nitrogens is 1. The molecule has 2 aromatic carbocycles. The number of carbonyl (C=O) groups is 1. The summed E-state index contributed by atoms with van der Waals surface area (Å²) in [6, 6.07) is 17.3. The summed E-state index contributed by atoms with van der Waals surface area (Å²) in [6.45, 7) is 4.93. The Labute approximate surface area is 166 Å². The zero-order valence-corrected chi connectivity index (χ0v) is 16.6. The molecule has 0 spiro atoms. The predicted molar refractivity (Wildman–Crippen MR) is 114 cm³/mol. The van der Waals surface area contributed by atoms with E-state index >= 15 is 0 Å². The van der Waals surface area contributed by atoms with Crippen LogP contribution in [0.5, 0.6) is 5.75 Å². The van der Waals surface area contributed by atoms with Gasteiger partial charge in [-0.3, -0.25) is 4.79 Å². The van der Waals surface area contributed by atoms with E-state index in [4.69, 9.17) is 5.73 Å².